The van der Waals surface area contributed by atoms with Gasteiger partial charge in [0.25, 0.3) is 26.1 Å². The molecular formula is C14H13NO9S4. The van der Waals surface area contributed by atoms with Gasteiger partial charge in [-0.1, -0.05) is 30.0 Å². The van der Waals surface area contributed by atoms with Crippen LogP contribution in [0.3, 0.4) is 0 Å². The number of amides is 1. The largest absolute Gasteiger partial charge is 0.481 e. The molecule has 0 unspecified atom stereocenters. The fraction of sp³-hybridized carbons (Fsp3) is 0.214. The number of carboxylic acid groups (broad SMARTS) is 1. The first-order valence-corrected chi connectivity index (χ1v) is 11.5. The summed E-state index contributed by atoms with van der Waals surface area (Å²) in [6, 6.07) is 2.47. The smallest absolute Gasteiger partial charge is 0.303 e. The van der Waals surface area contributed by atoms with E-state index in [0.29, 0.717) is 6.07 Å². The van der Waals surface area contributed by atoms with Gasteiger partial charge in [-0.2, -0.15) is 16.8 Å². The number of carbonyl (C=O) groups excluding carboxylic acids is 1. The Balaban J connectivity index is 2.41. The van der Waals surface area contributed by atoms with Crippen LogP contribution in [0.1, 0.15) is 18.4 Å². The van der Waals surface area contributed by atoms with Gasteiger partial charge in [-0.15, -0.1) is 0 Å². The number of nitrogens with zero attached hydrogens (tertiary/aromatic N) is 1. The number of thiocarbonyl (C=S) groups is 1. The van der Waals surface area contributed by atoms with E-state index in [1.807, 2.05) is 0 Å². The molecule has 0 bridgehead atoms. The molecule has 1 amide bonds. The second kappa shape index (κ2) is 8.26. The molecule has 1 aliphatic rings. The van der Waals surface area contributed by atoms with Gasteiger partial charge in [-0.05, 0) is 30.2 Å². The molecule has 152 valence electrons. The summed E-state index contributed by atoms with van der Waals surface area (Å²) in [5.41, 5.74) is -0.194. The molecule has 0 saturated carbocycles. The minimum Gasteiger partial charge on any atom is -0.481 e. The highest BCUT2D eigenvalue weighted by Crippen LogP contribution is 2.34. The van der Waals surface area contributed by atoms with Crippen LogP contribution in [-0.4, -0.2) is 58.7 Å². The lowest BCUT2D eigenvalue weighted by molar-refractivity contribution is -0.137. The molecule has 0 radical (unpaired) electrons. The Morgan fingerprint density at radius 3 is 2.36 bits per heavy atom. The van der Waals surface area contributed by atoms with E-state index in [1.165, 1.54) is 0 Å². The quantitative estimate of drug-likeness (QED) is 0.300. The van der Waals surface area contributed by atoms with E-state index in [0.717, 1.165) is 34.9 Å². The Bertz CT molecular complexity index is 1090. The number of benzene rings is 1. The summed E-state index contributed by atoms with van der Waals surface area (Å²) in [5.74, 6) is -1.61. The van der Waals surface area contributed by atoms with Crippen molar-refractivity contribution in [3.63, 3.8) is 0 Å². The van der Waals surface area contributed by atoms with Crippen molar-refractivity contribution in [1.29, 1.82) is 0 Å². The van der Waals surface area contributed by atoms with Gasteiger partial charge < -0.3 is 5.11 Å². The van der Waals surface area contributed by atoms with Crippen LogP contribution in [0.2, 0.25) is 0 Å². The van der Waals surface area contributed by atoms with Crippen LogP contribution in [0.15, 0.2) is 32.9 Å². The van der Waals surface area contributed by atoms with Crippen LogP contribution in [0.25, 0.3) is 6.08 Å². The first-order valence-electron chi connectivity index (χ1n) is 7.37. The number of rotatable bonds is 7. The number of carboxylic acids is 1. The van der Waals surface area contributed by atoms with Crippen molar-refractivity contribution in [2.24, 2.45) is 0 Å². The number of hydrogen-bond donors (Lipinski definition) is 3. The molecule has 28 heavy (non-hydrogen) atoms. The lowest BCUT2D eigenvalue weighted by Gasteiger charge is -2.13. The van der Waals surface area contributed by atoms with Crippen LogP contribution in [-0.2, 0) is 29.8 Å². The van der Waals surface area contributed by atoms with Crippen molar-refractivity contribution in [1.82, 2.24) is 4.90 Å². The van der Waals surface area contributed by atoms with Gasteiger partial charge in [0, 0.05) is 13.0 Å². The molecule has 0 aliphatic carbocycles. The first kappa shape index (κ1) is 22.4. The summed E-state index contributed by atoms with van der Waals surface area (Å²) >= 11 is 5.91. The minimum absolute atomic E-state index is 0.00447. The zero-order chi connectivity index (χ0) is 21.3. The molecule has 0 aromatic heterocycles. The summed E-state index contributed by atoms with van der Waals surface area (Å²) in [4.78, 5) is 22.6. The van der Waals surface area contributed by atoms with E-state index >= 15 is 0 Å². The standard InChI is InChI=1S/C14H13NO9S4/c16-12(17)2-1-5-15-13(18)10(26-14(15)25)6-8-3-4-9(27(19,20)21)7-11(8)28(22,23)24/h3-4,6-7H,1-2,5H2,(H,16,17)(H,19,20,21)(H,22,23,24)/b10-6-. The van der Waals surface area contributed by atoms with Gasteiger partial charge >= 0.3 is 5.97 Å². The van der Waals surface area contributed by atoms with Gasteiger partial charge in [0.2, 0.25) is 0 Å². The second-order valence-electron chi connectivity index (χ2n) is 5.48. The molecule has 1 aromatic rings. The second-order valence-corrected chi connectivity index (χ2v) is 9.97. The zero-order valence-corrected chi connectivity index (χ0v) is 17.1. The van der Waals surface area contributed by atoms with Crippen LogP contribution in [0, 0.1) is 0 Å². The fourth-order valence-corrected chi connectivity index (χ4v) is 4.82. The molecule has 14 heteroatoms. The third kappa shape index (κ3) is 5.36. The molecule has 1 heterocycles. The monoisotopic (exact) mass is 467 g/mol. The van der Waals surface area contributed by atoms with Crippen molar-refractivity contribution in [2.75, 3.05) is 6.54 Å². The Morgan fingerprint density at radius 2 is 1.82 bits per heavy atom. The van der Waals surface area contributed by atoms with E-state index in [4.69, 9.17) is 21.9 Å². The van der Waals surface area contributed by atoms with E-state index in [-0.39, 0.29) is 34.2 Å². The highest BCUT2D eigenvalue weighted by molar-refractivity contribution is 8.26. The molecule has 2 rings (SSSR count). The molecule has 0 spiro atoms. The molecule has 1 fully saturated rings. The third-order valence-corrected chi connectivity index (χ3v) is 6.63. The number of aliphatic carboxylic acids is 1. The Hall–Kier alpha value is -1.84. The zero-order valence-electron chi connectivity index (χ0n) is 13.8. The summed E-state index contributed by atoms with van der Waals surface area (Å²) in [5, 5.41) is 8.66. The Morgan fingerprint density at radius 1 is 1.18 bits per heavy atom. The number of carbonyl (C=O) groups is 2. The van der Waals surface area contributed by atoms with E-state index < -0.39 is 41.9 Å². The van der Waals surface area contributed by atoms with Crippen molar-refractivity contribution < 1.29 is 40.6 Å². The highest BCUT2D eigenvalue weighted by Gasteiger charge is 2.32. The molecule has 1 saturated heterocycles. The topological polar surface area (TPSA) is 166 Å². The Kier molecular flexibility index (Phi) is 6.62. The van der Waals surface area contributed by atoms with Crippen molar-refractivity contribution in [3.05, 3.63) is 28.7 Å². The lowest BCUT2D eigenvalue weighted by atomic mass is 10.2. The van der Waals surface area contributed by atoms with Gasteiger partial charge in [0.1, 0.15) is 9.22 Å². The predicted molar refractivity (Wildman–Crippen MR) is 103 cm³/mol. The first-order chi connectivity index (χ1) is 12.8. The third-order valence-electron chi connectivity index (χ3n) is 3.49. The average Bonchev–Trinajstić information content (AvgIpc) is 2.80. The van der Waals surface area contributed by atoms with E-state index in [9.17, 15) is 31.0 Å². The van der Waals surface area contributed by atoms with Gasteiger partial charge in [0.05, 0.1) is 9.80 Å². The minimum atomic E-state index is -4.88. The maximum Gasteiger partial charge on any atom is 0.303 e. The maximum atomic E-state index is 12.4. The molecular weight excluding hydrogens is 454 g/mol. The number of thioether (sulfide) groups is 1. The molecule has 1 aliphatic heterocycles. The van der Waals surface area contributed by atoms with E-state index in [2.05, 4.69) is 0 Å². The SMILES string of the molecule is O=C(O)CCCN1C(=O)/C(=C/c2ccc(S(=O)(=O)O)cc2S(=O)(=O)O)SC1=S. The molecule has 0 atom stereocenters. The van der Waals surface area contributed by atoms with Crippen molar-refractivity contribution >= 4 is 66.5 Å². The van der Waals surface area contributed by atoms with Crippen molar-refractivity contribution in [3.8, 4) is 0 Å². The fourth-order valence-electron chi connectivity index (χ4n) is 2.24. The summed E-state index contributed by atoms with van der Waals surface area (Å²) in [7, 11) is -9.60. The van der Waals surface area contributed by atoms with Crippen LogP contribution < -0.4 is 0 Å². The Labute approximate surface area is 169 Å². The molecule has 1 aromatic carbocycles. The van der Waals surface area contributed by atoms with Crippen LogP contribution in [0.5, 0.6) is 0 Å². The van der Waals surface area contributed by atoms with E-state index in [1.54, 1.807) is 0 Å². The van der Waals surface area contributed by atoms with Crippen LogP contribution >= 0.6 is 24.0 Å². The average molecular weight is 468 g/mol. The van der Waals surface area contributed by atoms with Crippen LogP contribution in [0.4, 0.5) is 0 Å². The summed E-state index contributed by atoms with van der Waals surface area (Å²) in [6.07, 6.45) is 1.10. The molecule has 10 nitrogen and oxygen atoms in total. The van der Waals surface area contributed by atoms with Gasteiger partial charge in [-0.3, -0.25) is 23.6 Å². The van der Waals surface area contributed by atoms with Gasteiger partial charge in [0.15, 0.2) is 0 Å². The highest BCUT2D eigenvalue weighted by atomic mass is 32.2. The van der Waals surface area contributed by atoms with Gasteiger partial charge in [-0.25, -0.2) is 0 Å². The maximum absolute atomic E-state index is 12.4. The normalized spacial score (nSPS) is 16.8. The molecule has 3 N–H and O–H groups in total. The summed E-state index contributed by atoms with van der Waals surface area (Å²) in [6.45, 7) is 0.0567. The summed E-state index contributed by atoms with van der Waals surface area (Å²) < 4.78 is 64.1. The number of hydrogen-bond acceptors (Lipinski definition) is 8. The predicted octanol–water partition coefficient (Wildman–Crippen LogP) is 1.25. The lowest BCUT2D eigenvalue weighted by Crippen LogP contribution is -2.29. The van der Waals surface area contributed by atoms with Crippen molar-refractivity contribution in [2.45, 2.75) is 22.6 Å².